The van der Waals surface area contributed by atoms with Crippen LogP contribution in [0.3, 0.4) is 0 Å². The van der Waals surface area contributed by atoms with Crippen LogP contribution >= 0.6 is 0 Å². The number of carbonyl (C=O) groups excluding carboxylic acids is 2. The van der Waals surface area contributed by atoms with Crippen molar-refractivity contribution in [2.24, 2.45) is 5.73 Å². The Balaban J connectivity index is 0.00000162. The Morgan fingerprint density at radius 2 is 2.17 bits per heavy atom. The van der Waals surface area contributed by atoms with Crippen molar-refractivity contribution in [3.05, 3.63) is 12.7 Å². The van der Waals surface area contributed by atoms with Crippen molar-refractivity contribution in [3.63, 3.8) is 0 Å². The van der Waals surface area contributed by atoms with Crippen LogP contribution in [0.2, 0.25) is 0 Å². The molecule has 0 aliphatic rings. The van der Waals surface area contributed by atoms with Gasteiger partial charge in [0.05, 0.1) is 12.9 Å². The Hall–Kier alpha value is -2.59. The largest absolute Gasteiger partial charge is 0.420 e. The lowest BCUT2D eigenvalue weighted by atomic mass is 10.5. The molecule has 0 fully saturated rings. The number of aromatic amines is 1. The van der Waals surface area contributed by atoms with Gasteiger partial charge in [-0.2, -0.15) is 0 Å². The Morgan fingerprint density at radius 3 is 2.89 bits per heavy atom. The van der Waals surface area contributed by atoms with E-state index in [1.807, 2.05) is 0 Å². The summed E-state index contributed by atoms with van der Waals surface area (Å²) < 4.78 is 4.32. The number of nitrogens with zero attached hydrogens (tertiary/aromatic N) is 3. The molecule has 0 atom stereocenters. The molecule has 2 heterocycles. The third-order valence-corrected chi connectivity index (χ3v) is 1.82. The minimum Gasteiger partial charge on any atom is -0.412 e. The second-order valence-electron chi connectivity index (χ2n) is 2.91. The molecule has 18 heavy (non-hydrogen) atoms. The fourth-order valence-corrected chi connectivity index (χ4v) is 1.13. The monoisotopic (exact) mass is 254 g/mol. The third-order valence-electron chi connectivity index (χ3n) is 1.82. The maximum atomic E-state index is 11.2. The Morgan fingerprint density at radius 1 is 1.39 bits per heavy atom. The molecule has 0 radical (unpaired) electrons. The molecule has 96 valence electrons. The van der Waals surface area contributed by atoms with E-state index < -0.39 is 12.1 Å². The highest BCUT2D eigenvalue weighted by Crippen LogP contribution is 2.14. The molecule has 2 rings (SSSR count). The van der Waals surface area contributed by atoms with E-state index in [0.717, 1.165) is 0 Å². The minimum atomic E-state index is -0.963. The van der Waals surface area contributed by atoms with E-state index in [2.05, 4.69) is 30.0 Å². The van der Waals surface area contributed by atoms with Crippen LogP contribution in [-0.2, 0) is 9.53 Å². The summed E-state index contributed by atoms with van der Waals surface area (Å²) in [6, 6.07) is 0. The summed E-state index contributed by atoms with van der Waals surface area (Å²) >= 11 is 0. The minimum absolute atomic E-state index is 0. The molecular formula is C8H10N6O4. The average molecular weight is 254 g/mol. The Kier molecular flexibility index (Phi) is 4.23. The molecule has 0 saturated heterocycles. The van der Waals surface area contributed by atoms with Crippen molar-refractivity contribution in [2.75, 3.05) is 11.9 Å². The van der Waals surface area contributed by atoms with E-state index in [4.69, 9.17) is 5.73 Å². The van der Waals surface area contributed by atoms with Gasteiger partial charge in [-0.25, -0.2) is 19.7 Å². The van der Waals surface area contributed by atoms with Crippen molar-refractivity contribution in [3.8, 4) is 0 Å². The van der Waals surface area contributed by atoms with Gasteiger partial charge in [0.1, 0.15) is 11.8 Å². The van der Waals surface area contributed by atoms with Gasteiger partial charge in [0.25, 0.3) is 0 Å². The van der Waals surface area contributed by atoms with Crippen LogP contribution in [0.5, 0.6) is 0 Å². The number of H-pyrrole nitrogens is 1. The second kappa shape index (κ2) is 5.65. The van der Waals surface area contributed by atoms with Gasteiger partial charge in [-0.1, -0.05) is 0 Å². The van der Waals surface area contributed by atoms with Gasteiger partial charge >= 0.3 is 12.1 Å². The number of rotatable bonds is 2. The number of ether oxygens (including phenoxy) is 1. The molecule has 0 aromatic carbocycles. The fraction of sp³-hybridized carbons (Fsp3) is 0.125. The number of hydrogen-bond donors (Lipinski definition) is 3. The van der Waals surface area contributed by atoms with Crippen LogP contribution in [0.25, 0.3) is 11.2 Å². The summed E-state index contributed by atoms with van der Waals surface area (Å²) in [5, 5.41) is 2.28. The Bertz CT molecular complexity index is 567. The Labute approximate surface area is 99.9 Å². The molecule has 0 unspecified atom stereocenters. The predicted molar refractivity (Wildman–Crippen MR) is 59.5 cm³/mol. The molecule has 2 aromatic heterocycles. The second-order valence-corrected chi connectivity index (χ2v) is 2.91. The number of imidazole rings is 1. The van der Waals surface area contributed by atoms with Crippen molar-refractivity contribution >= 4 is 29.0 Å². The van der Waals surface area contributed by atoms with E-state index in [-0.39, 0.29) is 17.8 Å². The first-order valence-electron chi connectivity index (χ1n) is 4.56. The lowest BCUT2D eigenvalue weighted by Gasteiger charge is -2.03. The van der Waals surface area contributed by atoms with Gasteiger partial charge in [-0.15, -0.1) is 0 Å². The number of nitrogens with two attached hydrogens (primary N) is 1. The normalized spacial score (nSPS) is 9.61. The molecular weight excluding hydrogens is 244 g/mol. The lowest BCUT2D eigenvalue weighted by Crippen LogP contribution is -2.24. The highest BCUT2D eigenvalue weighted by atomic mass is 16.6. The molecule has 10 nitrogen and oxygen atoms in total. The first-order valence-corrected chi connectivity index (χ1v) is 4.56. The van der Waals surface area contributed by atoms with Crippen molar-refractivity contribution in [1.82, 2.24) is 19.9 Å². The van der Waals surface area contributed by atoms with Gasteiger partial charge in [-0.3, -0.25) is 10.1 Å². The number of fused-ring (bicyclic) bond motifs is 1. The zero-order valence-electron chi connectivity index (χ0n) is 9.01. The summed E-state index contributed by atoms with van der Waals surface area (Å²) in [4.78, 5) is 36.3. The molecule has 10 heteroatoms. The predicted octanol–water partition coefficient (Wildman–Crippen LogP) is -1.44. The number of amides is 1. The molecule has 0 bridgehead atoms. The maximum absolute atomic E-state index is 11.2. The molecule has 0 aliphatic heterocycles. The van der Waals surface area contributed by atoms with Crippen molar-refractivity contribution in [1.29, 1.82) is 0 Å². The number of nitrogens with one attached hydrogen (secondary N) is 2. The maximum Gasteiger partial charge on any atom is 0.420 e. The number of anilines is 1. The highest BCUT2D eigenvalue weighted by Gasteiger charge is 2.12. The smallest absolute Gasteiger partial charge is 0.412 e. The van der Waals surface area contributed by atoms with Crippen LogP contribution < -0.4 is 11.1 Å². The summed E-state index contributed by atoms with van der Waals surface area (Å²) in [6.45, 7) is -0.378. The fourth-order valence-electron chi connectivity index (χ4n) is 1.13. The third kappa shape index (κ3) is 2.75. The zero-order valence-corrected chi connectivity index (χ0v) is 9.01. The average Bonchev–Trinajstić information content (AvgIpc) is 2.78. The van der Waals surface area contributed by atoms with Gasteiger partial charge < -0.3 is 20.9 Å². The highest BCUT2D eigenvalue weighted by molar-refractivity contribution is 5.97. The van der Waals surface area contributed by atoms with Crippen molar-refractivity contribution in [2.45, 2.75) is 0 Å². The molecule has 2 aromatic rings. The van der Waals surface area contributed by atoms with Crippen LogP contribution in [0.4, 0.5) is 10.6 Å². The molecule has 0 aliphatic carbocycles. The van der Waals surface area contributed by atoms with E-state index in [9.17, 15) is 9.59 Å². The molecule has 1 amide bonds. The molecule has 6 N–H and O–H groups in total. The van der Waals surface area contributed by atoms with Crippen LogP contribution in [0, 0.1) is 0 Å². The summed E-state index contributed by atoms with van der Waals surface area (Å²) in [5.74, 6) is -0.667. The number of hydrogen-bond acceptors (Lipinski definition) is 7. The number of carbonyl (C=O) groups is 2. The van der Waals surface area contributed by atoms with E-state index in [1.165, 1.54) is 12.7 Å². The number of esters is 1. The van der Waals surface area contributed by atoms with E-state index in [1.54, 1.807) is 0 Å². The first kappa shape index (κ1) is 13.5. The van der Waals surface area contributed by atoms with E-state index >= 15 is 0 Å². The van der Waals surface area contributed by atoms with Gasteiger partial charge in [0.2, 0.25) is 0 Å². The molecule has 0 spiro atoms. The van der Waals surface area contributed by atoms with Gasteiger partial charge in [0.15, 0.2) is 11.5 Å². The summed E-state index contributed by atoms with van der Waals surface area (Å²) in [6.07, 6.45) is 1.67. The van der Waals surface area contributed by atoms with Crippen molar-refractivity contribution < 1.29 is 19.8 Å². The zero-order chi connectivity index (χ0) is 12.3. The van der Waals surface area contributed by atoms with E-state index in [0.29, 0.717) is 11.2 Å². The number of aromatic nitrogens is 4. The summed E-state index contributed by atoms with van der Waals surface area (Å²) in [5.41, 5.74) is 5.82. The molecule has 0 saturated carbocycles. The lowest BCUT2D eigenvalue weighted by molar-refractivity contribution is -0.135. The topological polar surface area (TPSA) is 167 Å². The SMILES string of the molecule is NCC(=O)OC(=O)Nc1ncnc2nc[nH]c12.O. The summed E-state index contributed by atoms with van der Waals surface area (Å²) in [7, 11) is 0. The van der Waals surface area contributed by atoms with Gasteiger partial charge in [-0.05, 0) is 0 Å². The van der Waals surface area contributed by atoms with Crippen LogP contribution in [0.1, 0.15) is 0 Å². The standard InChI is InChI=1S/C8H8N6O3.H2O/c9-1-4(15)17-8(16)14-7-5-6(11-2-10-5)12-3-13-7;/h2-3H,1,9H2,(H2,10,11,12,13,14,16);1H2. The first-order chi connectivity index (χ1) is 8.20. The van der Waals surface area contributed by atoms with Crippen LogP contribution in [0.15, 0.2) is 12.7 Å². The van der Waals surface area contributed by atoms with Crippen LogP contribution in [-0.4, -0.2) is 44.0 Å². The quantitative estimate of drug-likeness (QED) is 0.435. The van der Waals surface area contributed by atoms with Gasteiger partial charge in [0, 0.05) is 0 Å².